The number of amides is 2. The Kier molecular flexibility index (Phi) is 17.6. The zero-order valence-corrected chi connectivity index (χ0v) is 27.8. The molecule has 4 rings (SSSR count). The molecule has 232 valence electrons. The molecule has 11 heteroatoms. The van der Waals surface area contributed by atoms with E-state index in [1.54, 1.807) is 91.9 Å². The van der Waals surface area contributed by atoms with Crippen LogP contribution in [0.5, 0.6) is 0 Å². The molecule has 2 amide bonds. The summed E-state index contributed by atoms with van der Waals surface area (Å²) >= 11 is 6.51. The molecule has 0 unspecified atom stereocenters. The second kappa shape index (κ2) is 20.6. The van der Waals surface area contributed by atoms with E-state index in [-0.39, 0.29) is 29.7 Å². The maximum atomic E-state index is 12.2. The van der Waals surface area contributed by atoms with Crippen molar-refractivity contribution in [2.75, 3.05) is 24.4 Å². The summed E-state index contributed by atoms with van der Waals surface area (Å²) < 4.78 is 6.38. The van der Waals surface area contributed by atoms with Gasteiger partial charge in [0, 0.05) is 27.2 Å². The quantitative estimate of drug-likeness (QED) is 0.142. The number of hydrogen-bond acceptors (Lipinski definition) is 6. The fourth-order valence-electron chi connectivity index (χ4n) is 3.37. The number of halogens is 2. The van der Waals surface area contributed by atoms with E-state index in [1.165, 1.54) is 6.07 Å². The molecule has 0 fully saturated rings. The number of benzene rings is 4. The first-order chi connectivity index (χ1) is 21.2. The number of aliphatic hydroxyl groups excluding tert-OH is 1. The van der Waals surface area contributed by atoms with Gasteiger partial charge >= 0.3 is 11.9 Å². The molecule has 9 nitrogen and oxygen atoms in total. The van der Waals surface area contributed by atoms with Crippen LogP contribution in [0, 0.1) is 0 Å². The lowest BCUT2D eigenvalue weighted by atomic mass is 10.1. The highest BCUT2D eigenvalue weighted by Gasteiger charge is 2.16. The molecule has 4 N–H and O–H groups in total. The summed E-state index contributed by atoms with van der Waals surface area (Å²) in [4.78, 5) is 47.2. The number of esters is 1. The highest BCUT2D eigenvalue weighted by molar-refractivity contribution is 9.10. The Morgan fingerprint density at radius 2 is 1.05 bits per heavy atom. The number of hydrogen-bond donors (Lipinski definition) is 4. The van der Waals surface area contributed by atoms with Crippen molar-refractivity contribution >= 4 is 67.0 Å². The van der Waals surface area contributed by atoms with Crippen LogP contribution in [0.25, 0.3) is 0 Å². The first-order valence-electron chi connectivity index (χ1n) is 13.4. The fraction of sp³-hybridized carbons (Fsp3) is 0.152. The maximum Gasteiger partial charge on any atom is 0.340 e. The van der Waals surface area contributed by atoms with Crippen LogP contribution in [0.15, 0.2) is 106 Å². The van der Waals surface area contributed by atoms with E-state index < -0.39 is 11.9 Å². The minimum absolute atomic E-state index is 0.0404. The van der Waals surface area contributed by atoms with Gasteiger partial charge in [-0.25, -0.2) is 9.59 Å². The van der Waals surface area contributed by atoms with Crippen LogP contribution >= 0.6 is 31.9 Å². The summed E-state index contributed by atoms with van der Waals surface area (Å²) in [6, 6.07) is 27.1. The lowest BCUT2D eigenvalue weighted by Crippen LogP contribution is -2.15. The number of carboxylic acids is 1. The van der Waals surface area contributed by atoms with E-state index in [0.717, 1.165) is 11.6 Å². The Bertz CT molecular complexity index is 1520. The predicted molar refractivity (Wildman–Crippen MR) is 179 cm³/mol. The number of rotatable bonds is 7. The number of carbonyl (C=O) groups is 4. The Hall–Kier alpha value is -4.32. The molecule has 0 spiro atoms. The van der Waals surface area contributed by atoms with Crippen LogP contribution in [0.3, 0.4) is 0 Å². The largest absolute Gasteiger partial charge is 0.478 e. The van der Waals surface area contributed by atoms with Gasteiger partial charge in [0.15, 0.2) is 0 Å². The number of ether oxygens (including phenoxy) is 1. The van der Waals surface area contributed by atoms with Crippen LogP contribution in [-0.4, -0.2) is 47.7 Å². The standard InChI is InChI=1S/C16H14BrNO3.C14H10BrNO3.C2H6.CH4O/c1-2-21-16(20)13-10-12(17)8-9-14(13)18-15(19)11-6-4-3-5-7-11;15-10-6-7-12(11(8-10)14(18)19)16-13(17)9-4-2-1-3-5-9;2*1-2/h3-10H,2H2,1H3,(H,18,19);1-8H,(H,16,17)(H,18,19);1-2H3;2H,1H3. The van der Waals surface area contributed by atoms with Crippen molar-refractivity contribution in [3.05, 3.63) is 128 Å². The van der Waals surface area contributed by atoms with Gasteiger partial charge in [0.2, 0.25) is 0 Å². The van der Waals surface area contributed by atoms with E-state index in [0.29, 0.717) is 26.9 Å². The van der Waals surface area contributed by atoms with Crippen molar-refractivity contribution in [3.63, 3.8) is 0 Å². The zero-order chi connectivity index (χ0) is 33.1. The van der Waals surface area contributed by atoms with Crippen molar-refractivity contribution in [1.29, 1.82) is 0 Å². The molecular formula is C33H34Br2N2O7. The van der Waals surface area contributed by atoms with E-state index >= 15 is 0 Å². The Morgan fingerprint density at radius 1 is 0.659 bits per heavy atom. The van der Waals surface area contributed by atoms with Gasteiger partial charge in [-0.2, -0.15) is 0 Å². The SMILES string of the molecule is CC.CCOC(=O)c1cc(Br)ccc1NC(=O)c1ccccc1.CO.O=C(Nc1ccc(Br)cc1C(=O)O)c1ccccc1. The number of aliphatic hydroxyl groups is 1. The first kappa shape index (κ1) is 37.7. The van der Waals surface area contributed by atoms with Gasteiger partial charge < -0.3 is 25.6 Å². The van der Waals surface area contributed by atoms with Crippen LogP contribution in [0.1, 0.15) is 62.2 Å². The summed E-state index contributed by atoms with van der Waals surface area (Å²) in [5.41, 5.74) is 2.04. The fourth-order valence-corrected chi connectivity index (χ4v) is 4.10. The lowest BCUT2D eigenvalue weighted by molar-refractivity contribution is 0.0526. The van der Waals surface area contributed by atoms with Gasteiger partial charge in [-0.3, -0.25) is 9.59 Å². The van der Waals surface area contributed by atoms with Gasteiger partial charge in [-0.1, -0.05) is 82.1 Å². The highest BCUT2D eigenvalue weighted by atomic mass is 79.9. The Labute approximate surface area is 273 Å². The molecule has 0 heterocycles. The van der Waals surface area contributed by atoms with Gasteiger partial charge in [-0.15, -0.1) is 0 Å². The van der Waals surface area contributed by atoms with E-state index in [9.17, 15) is 19.2 Å². The number of aromatic carboxylic acids is 1. The topological polar surface area (TPSA) is 142 Å². The average Bonchev–Trinajstić information content (AvgIpc) is 3.05. The smallest absolute Gasteiger partial charge is 0.340 e. The predicted octanol–water partition coefficient (Wildman–Crippen LogP) is 7.91. The van der Waals surface area contributed by atoms with Crippen LogP contribution in [-0.2, 0) is 4.74 Å². The third-order valence-electron chi connectivity index (χ3n) is 5.26. The van der Waals surface area contributed by atoms with E-state index in [2.05, 4.69) is 42.5 Å². The number of carbonyl (C=O) groups excluding carboxylic acids is 3. The lowest BCUT2D eigenvalue weighted by Gasteiger charge is -2.11. The summed E-state index contributed by atoms with van der Waals surface area (Å²) in [5, 5.41) is 21.4. The highest BCUT2D eigenvalue weighted by Crippen LogP contribution is 2.23. The zero-order valence-electron chi connectivity index (χ0n) is 24.6. The molecule has 0 aliphatic heterocycles. The van der Waals surface area contributed by atoms with Gasteiger partial charge in [0.05, 0.1) is 29.1 Å². The minimum atomic E-state index is -1.09. The van der Waals surface area contributed by atoms with Gasteiger partial charge in [0.1, 0.15) is 0 Å². The van der Waals surface area contributed by atoms with Crippen LogP contribution in [0.4, 0.5) is 11.4 Å². The third kappa shape index (κ3) is 12.1. The van der Waals surface area contributed by atoms with E-state index in [1.807, 2.05) is 19.9 Å². The van der Waals surface area contributed by atoms with E-state index in [4.69, 9.17) is 14.9 Å². The van der Waals surface area contributed by atoms with Crippen molar-refractivity contribution < 1.29 is 34.1 Å². The van der Waals surface area contributed by atoms with Crippen molar-refractivity contribution in [3.8, 4) is 0 Å². The number of anilines is 2. The molecule has 44 heavy (non-hydrogen) atoms. The van der Waals surface area contributed by atoms with Crippen molar-refractivity contribution in [1.82, 2.24) is 0 Å². The Morgan fingerprint density at radius 3 is 1.43 bits per heavy atom. The molecule has 0 bridgehead atoms. The summed E-state index contributed by atoms with van der Waals surface area (Å²) in [7, 11) is 1.00. The minimum Gasteiger partial charge on any atom is -0.478 e. The molecule has 0 aromatic heterocycles. The molecule has 4 aromatic carbocycles. The number of carboxylic acid groups (broad SMARTS) is 1. The summed E-state index contributed by atoms with van der Waals surface area (Å²) in [6.07, 6.45) is 0. The normalized spacial score (nSPS) is 9.34. The van der Waals surface area contributed by atoms with Crippen LogP contribution in [0.2, 0.25) is 0 Å². The molecule has 0 radical (unpaired) electrons. The summed E-state index contributed by atoms with van der Waals surface area (Å²) in [5.74, 6) is -2.18. The second-order valence-electron chi connectivity index (χ2n) is 8.05. The Balaban J connectivity index is 0.000000397. The second-order valence-corrected chi connectivity index (χ2v) is 9.88. The monoisotopic (exact) mass is 728 g/mol. The van der Waals surface area contributed by atoms with Crippen molar-refractivity contribution in [2.45, 2.75) is 20.8 Å². The third-order valence-corrected chi connectivity index (χ3v) is 6.24. The number of nitrogens with one attached hydrogen (secondary N) is 2. The van der Waals surface area contributed by atoms with Gasteiger partial charge in [0.25, 0.3) is 11.8 Å². The van der Waals surface area contributed by atoms with Gasteiger partial charge in [-0.05, 0) is 67.6 Å². The van der Waals surface area contributed by atoms with Crippen molar-refractivity contribution in [2.24, 2.45) is 0 Å². The molecular weight excluding hydrogens is 696 g/mol. The molecule has 0 saturated heterocycles. The maximum absolute atomic E-state index is 12.2. The molecule has 0 aliphatic rings. The molecule has 0 aliphatic carbocycles. The molecule has 0 saturated carbocycles. The molecule has 4 aromatic rings. The first-order valence-corrected chi connectivity index (χ1v) is 14.9. The summed E-state index contributed by atoms with van der Waals surface area (Å²) in [6.45, 7) is 6.01. The molecule has 0 atom stereocenters. The van der Waals surface area contributed by atoms with Crippen LogP contribution < -0.4 is 10.6 Å². The average molecular weight is 730 g/mol.